The molecule has 0 amide bonds. The fraction of sp³-hybridized carbons (Fsp3) is 0.423. The molecule has 5 heterocycles. The third-order valence-corrected chi connectivity index (χ3v) is 7.76. The van der Waals surface area contributed by atoms with Gasteiger partial charge in [0.15, 0.2) is 22.7 Å². The molecule has 4 aromatic rings. The Labute approximate surface area is 210 Å². The highest BCUT2D eigenvalue weighted by atomic mass is 15.3. The zero-order chi connectivity index (χ0) is 24.9. The summed E-state index contributed by atoms with van der Waals surface area (Å²) in [5.74, 6) is 1.64. The van der Waals surface area contributed by atoms with E-state index in [1.807, 2.05) is 37.8 Å². The van der Waals surface area contributed by atoms with Crippen LogP contribution in [0.2, 0.25) is 0 Å². The van der Waals surface area contributed by atoms with Gasteiger partial charge in [0.25, 0.3) is 0 Å². The molecule has 6 rings (SSSR count). The first kappa shape index (κ1) is 22.5. The van der Waals surface area contributed by atoms with Gasteiger partial charge < -0.3 is 15.5 Å². The van der Waals surface area contributed by atoms with Gasteiger partial charge in [0.1, 0.15) is 5.82 Å². The van der Waals surface area contributed by atoms with Crippen molar-refractivity contribution in [1.29, 1.82) is 0 Å². The van der Waals surface area contributed by atoms with Crippen molar-refractivity contribution in [3.8, 4) is 11.1 Å². The quantitative estimate of drug-likeness (QED) is 0.424. The molecule has 10 nitrogen and oxygen atoms in total. The van der Waals surface area contributed by atoms with Gasteiger partial charge >= 0.3 is 0 Å². The van der Waals surface area contributed by atoms with Crippen molar-refractivity contribution < 1.29 is 0 Å². The van der Waals surface area contributed by atoms with Crippen molar-refractivity contribution in [2.75, 3.05) is 36.0 Å². The van der Waals surface area contributed by atoms with Crippen LogP contribution < -0.4 is 15.5 Å². The number of fused-ring (bicyclic) bond motifs is 2. The predicted octanol–water partition coefficient (Wildman–Crippen LogP) is 3.95. The van der Waals surface area contributed by atoms with Gasteiger partial charge in [-0.2, -0.15) is 10.2 Å². The summed E-state index contributed by atoms with van der Waals surface area (Å²) < 4.78 is 1.77. The molecule has 10 heteroatoms. The van der Waals surface area contributed by atoms with E-state index in [1.165, 1.54) is 0 Å². The van der Waals surface area contributed by atoms with E-state index in [1.54, 1.807) is 4.68 Å². The number of H-pyrrole nitrogens is 1. The fourth-order valence-electron chi connectivity index (χ4n) is 5.45. The van der Waals surface area contributed by atoms with Gasteiger partial charge in [-0.15, -0.1) is 0 Å². The lowest BCUT2D eigenvalue weighted by molar-refractivity contribution is 0.258. The summed E-state index contributed by atoms with van der Waals surface area (Å²) in [6.45, 7) is 13.4. The van der Waals surface area contributed by atoms with E-state index in [4.69, 9.17) is 22.3 Å². The smallest absolute Gasteiger partial charge is 0.195 e. The number of nitrogens with one attached hydrogen (secondary N) is 1. The third kappa shape index (κ3) is 3.67. The van der Waals surface area contributed by atoms with Gasteiger partial charge in [0, 0.05) is 44.1 Å². The molecule has 3 aromatic heterocycles. The van der Waals surface area contributed by atoms with Crippen LogP contribution in [0.15, 0.2) is 30.7 Å². The van der Waals surface area contributed by atoms with Crippen LogP contribution in [0.1, 0.15) is 31.7 Å². The van der Waals surface area contributed by atoms with Gasteiger partial charge in [0.2, 0.25) is 0 Å². The molecule has 1 saturated heterocycles. The standard InChI is InChI=1S/C26H30N10/c1-26(16-27)8-11-35(12-9-26)21-14-29-23-24(31-21)32-33-25(23)36-10-4-5-18-20(36)7-6-19(28-2)22(18)17-13-30-34(3)15-17/h6-7,13-15H,4-5,8-12,16,27H2,1,3H3,(H,31,32,33). The maximum atomic E-state index is 7.73. The van der Waals surface area contributed by atoms with Crippen LogP contribution in [0.25, 0.3) is 27.1 Å². The van der Waals surface area contributed by atoms with E-state index in [2.05, 4.69) is 36.9 Å². The van der Waals surface area contributed by atoms with Crippen LogP contribution in [0, 0.1) is 12.0 Å². The van der Waals surface area contributed by atoms with E-state index in [0.717, 1.165) is 84.8 Å². The first-order valence-corrected chi connectivity index (χ1v) is 12.5. The van der Waals surface area contributed by atoms with Gasteiger partial charge in [-0.3, -0.25) is 9.78 Å². The molecule has 1 fully saturated rings. The van der Waals surface area contributed by atoms with Crippen LogP contribution in [-0.4, -0.2) is 56.1 Å². The summed E-state index contributed by atoms with van der Waals surface area (Å²) in [5, 5.41) is 12.1. The Morgan fingerprint density at radius 1 is 1.19 bits per heavy atom. The molecule has 2 aliphatic rings. The maximum absolute atomic E-state index is 7.73. The minimum absolute atomic E-state index is 0.207. The van der Waals surface area contributed by atoms with E-state index < -0.39 is 0 Å². The minimum Gasteiger partial charge on any atom is -0.355 e. The molecule has 0 atom stereocenters. The molecule has 0 spiro atoms. The van der Waals surface area contributed by atoms with Crippen molar-refractivity contribution in [1.82, 2.24) is 29.9 Å². The molecular weight excluding hydrogens is 452 g/mol. The Balaban J connectivity index is 1.36. The number of anilines is 3. The molecule has 0 aliphatic carbocycles. The summed E-state index contributed by atoms with van der Waals surface area (Å²) in [4.78, 5) is 18.0. The second-order valence-corrected chi connectivity index (χ2v) is 10.2. The second kappa shape index (κ2) is 8.60. The first-order valence-electron chi connectivity index (χ1n) is 12.5. The number of aryl methyl sites for hydroxylation is 1. The zero-order valence-electron chi connectivity index (χ0n) is 20.7. The monoisotopic (exact) mass is 482 g/mol. The molecule has 184 valence electrons. The summed E-state index contributed by atoms with van der Waals surface area (Å²) >= 11 is 0. The highest BCUT2D eigenvalue weighted by Crippen LogP contribution is 2.44. The molecule has 0 radical (unpaired) electrons. The lowest BCUT2D eigenvalue weighted by Gasteiger charge is -2.39. The number of piperidine rings is 1. The van der Waals surface area contributed by atoms with Gasteiger partial charge in [-0.05, 0) is 54.8 Å². The molecule has 2 aliphatic heterocycles. The van der Waals surface area contributed by atoms with Gasteiger partial charge in [0.05, 0.1) is 19.0 Å². The summed E-state index contributed by atoms with van der Waals surface area (Å²) in [5.41, 5.74) is 12.4. The highest BCUT2D eigenvalue weighted by Gasteiger charge is 2.30. The largest absolute Gasteiger partial charge is 0.355 e. The Morgan fingerprint density at radius 2 is 2.03 bits per heavy atom. The number of hydrogen-bond acceptors (Lipinski definition) is 7. The summed E-state index contributed by atoms with van der Waals surface area (Å²) in [6, 6.07) is 3.93. The van der Waals surface area contributed by atoms with Crippen LogP contribution in [0.3, 0.4) is 0 Å². The van der Waals surface area contributed by atoms with Crippen LogP contribution >= 0.6 is 0 Å². The molecule has 0 saturated carbocycles. The number of hydrogen-bond donors (Lipinski definition) is 2. The van der Waals surface area contributed by atoms with Crippen molar-refractivity contribution >= 4 is 34.2 Å². The zero-order valence-corrected chi connectivity index (χ0v) is 20.7. The van der Waals surface area contributed by atoms with Crippen molar-refractivity contribution in [2.24, 2.45) is 18.2 Å². The topological polar surface area (TPSA) is 109 Å². The number of benzene rings is 1. The SMILES string of the molecule is [C-]#[N+]c1ccc2c(c1-c1cnn(C)c1)CCCN2c1n[nH]c2nc(N3CCC(C)(CN)CC3)cnc12. The van der Waals surface area contributed by atoms with Crippen molar-refractivity contribution in [3.05, 3.63) is 47.7 Å². The number of nitrogens with zero attached hydrogens (tertiary/aromatic N) is 8. The Kier molecular flexibility index (Phi) is 5.38. The second-order valence-electron chi connectivity index (χ2n) is 10.2. The Hall–Kier alpha value is -3.97. The van der Waals surface area contributed by atoms with E-state index in [-0.39, 0.29) is 5.41 Å². The number of aromatic amines is 1. The lowest BCUT2D eigenvalue weighted by Crippen LogP contribution is -2.42. The van der Waals surface area contributed by atoms with E-state index in [9.17, 15) is 0 Å². The average Bonchev–Trinajstić information content (AvgIpc) is 3.53. The predicted molar refractivity (Wildman–Crippen MR) is 141 cm³/mol. The van der Waals surface area contributed by atoms with Crippen molar-refractivity contribution in [3.63, 3.8) is 0 Å². The molecule has 0 unspecified atom stereocenters. The van der Waals surface area contributed by atoms with E-state index in [0.29, 0.717) is 17.9 Å². The van der Waals surface area contributed by atoms with Crippen LogP contribution in [0.5, 0.6) is 0 Å². The average molecular weight is 483 g/mol. The molecule has 3 N–H and O–H groups in total. The van der Waals surface area contributed by atoms with Crippen molar-refractivity contribution in [2.45, 2.75) is 32.6 Å². The number of rotatable bonds is 4. The number of aromatic nitrogens is 6. The molecule has 1 aromatic carbocycles. The van der Waals surface area contributed by atoms with Gasteiger partial charge in [-0.1, -0.05) is 13.0 Å². The lowest BCUT2D eigenvalue weighted by atomic mass is 9.80. The highest BCUT2D eigenvalue weighted by molar-refractivity contribution is 5.92. The maximum Gasteiger partial charge on any atom is 0.195 e. The third-order valence-electron chi connectivity index (χ3n) is 7.76. The summed E-state index contributed by atoms with van der Waals surface area (Å²) in [7, 11) is 1.90. The fourth-order valence-corrected chi connectivity index (χ4v) is 5.45. The Bertz CT molecular complexity index is 1470. The molecular formula is C26H30N10. The molecule has 0 bridgehead atoms. The van der Waals surface area contributed by atoms with E-state index >= 15 is 0 Å². The first-order chi connectivity index (χ1) is 17.5. The van der Waals surface area contributed by atoms with Crippen LogP contribution in [-0.2, 0) is 13.5 Å². The summed E-state index contributed by atoms with van der Waals surface area (Å²) in [6.07, 6.45) is 9.61. The molecule has 36 heavy (non-hydrogen) atoms. The minimum atomic E-state index is 0.207. The van der Waals surface area contributed by atoms with Crippen LogP contribution in [0.4, 0.5) is 23.0 Å². The Morgan fingerprint density at radius 3 is 2.75 bits per heavy atom. The normalized spacial score (nSPS) is 17.3. The number of nitrogens with two attached hydrogens (primary N) is 1. The van der Waals surface area contributed by atoms with Gasteiger partial charge in [-0.25, -0.2) is 14.8 Å².